The fraction of sp³-hybridized carbons (Fsp3) is 0.318. The van der Waals surface area contributed by atoms with Crippen LogP contribution in [-0.2, 0) is 23.4 Å². The maximum absolute atomic E-state index is 12.6. The number of thioether (sulfide) groups is 1. The fourth-order valence-corrected chi connectivity index (χ4v) is 6.40. The highest BCUT2D eigenvalue weighted by Crippen LogP contribution is 2.33. The fourth-order valence-electron chi connectivity index (χ4n) is 3.85. The van der Waals surface area contributed by atoms with Gasteiger partial charge in [-0.15, -0.1) is 16.4 Å². The first-order valence-electron chi connectivity index (χ1n) is 10.5. The Balaban J connectivity index is 1.13. The topological polar surface area (TPSA) is 101 Å². The van der Waals surface area contributed by atoms with Gasteiger partial charge in [0, 0.05) is 33.7 Å². The van der Waals surface area contributed by atoms with Crippen molar-refractivity contribution in [3.8, 4) is 11.3 Å². The monoisotopic (exact) mass is 483 g/mol. The number of nitrogens with zero attached hydrogens (tertiary/aromatic N) is 3. The van der Waals surface area contributed by atoms with Crippen LogP contribution in [0.2, 0.25) is 0 Å². The molecule has 0 atom stereocenters. The van der Waals surface area contributed by atoms with Gasteiger partial charge in [-0.1, -0.05) is 16.6 Å². The SMILES string of the molecule is O=C(CCSCc1nc2sc3c(c2c(=O)[nH]1)CCCC3)Nc1ccc(-c2csnn2)cc1. The first-order chi connectivity index (χ1) is 15.7. The molecule has 3 heterocycles. The van der Waals surface area contributed by atoms with Gasteiger partial charge in [-0.3, -0.25) is 9.59 Å². The number of carbonyl (C=O) groups is 1. The lowest BCUT2D eigenvalue weighted by Crippen LogP contribution is -2.13. The first-order valence-corrected chi connectivity index (χ1v) is 13.3. The van der Waals surface area contributed by atoms with E-state index in [0.29, 0.717) is 23.8 Å². The Morgan fingerprint density at radius 3 is 2.84 bits per heavy atom. The molecular weight excluding hydrogens is 462 g/mol. The zero-order chi connectivity index (χ0) is 21.9. The molecule has 0 aliphatic heterocycles. The van der Waals surface area contributed by atoms with Crippen LogP contribution in [0.25, 0.3) is 21.5 Å². The average Bonchev–Trinajstić information content (AvgIpc) is 3.45. The maximum atomic E-state index is 12.6. The smallest absolute Gasteiger partial charge is 0.259 e. The summed E-state index contributed by atoms with van der Waals surface area (Å²) in [5, 5.41) is 9.63. The van der Waals surface area contributed by atoms with Crippen LogP contribution in [0.3, 0.4) is 0 Å². The number of benzene rings is 1. The van der Waals surface area contributed by atoms with Gasteiger partial charge < -0.3 is 10.3 Å². The molecule has 4 aromatic rings. The predicted octanol–water partition coefficient (Wildman–Crippen LogP) is 4.64. The second-order valence-corrected chi connectivity index (χ2v) is 10.4. The Morgan fingerprint density at radius 1 is 1.19 bits per heavy atom. The number of H-pyrrole nitrogens is 1. The van der Waals surface area contributed by atoms with Crippen LogP contribution in [0.1, 0.15) is 35.5 Å². The second-order valence-electron chi connectivity index (χ2n) is 7.62. The van der Waals surface area contributed by atoms with Crippen LogP contribution in [0.5, 0.6) is 0 Å². The maximum Gasteiger partial charge on any atom is 0.259 e. The number of aryl methyl sites for hydroxylation is 2. The molecular formula is C22H21N5O2S3. The molecule has 1 aliphatic carbocycles. The quantitative estimate of drug-likeness (QED) is 0.371. The van der Waals surface area contributed by atoms with E-state index in [1.54, 1.807) is 23.1 Å². The molecule has 1 aromatic carbocycles. The van der Waals surface area contributed by atoms with E-state index >= 15 is 0 Å². The minimum Gasteiger partial charge on any atom is -0.326 e. The minimum absolute atomic E-state index is 0.0281. The van der Waals surface area contributed by atoms with E-state index in [1.165, 1.54) is 28.4 Å². The van der Waals surface area contributed by atoms with E-state index in [9.17, 15) is 9.59 Å². The zero-order valence-corrected chi connectivity index (χ0v) is 19.7. The van der Waals surface area contributed by atoms with Crippen molar-refractivity contribution in [1.29, 1.82) is 0 Å². The number of carbonyl (C=O) groups excluding carboxylic acids is 1. The van der Waals surface area contributed by atoms with Crippen molar-refractivity contribution in [3.63, 3.8) is 0 Å². The van der Waals surface area contributed by atoms with E-state index in [4.69, 9.17) is 0 Å². The molecule has 0 saturated carbocycles. The molecule has 1 aliphatic rings. The molecule has 2 N–H and O–H groups in total. The van der Waals surface area contributed by atoms with Crippen LogP contribution >= 0.6 is 34.6 Å². The third kappa shape index (κ3) is 4.62. The largest absolute Gasteiger partial charge is 0.326 e. The normalized spacial score (nSPS) is 13.2. The average molecular weight is 484 g/mol. The summed E-state index contributed by atoms with van der Waals surface area (Å²) < 4.78 is 3.86. The highest BCUT2D eigenvalue weighted by Gasteiger charge is 2.19. The summed E-state index contributed by atoms with van der Waals surface area (Å²) in [5.74, 6) is 1.87. The number of aromatic amines is 1. The number of fused-ring (bicyclic) bond motifs is 3. The highest BCUT2D eigenvalue weighted by molar-refractivity contribution is 7.98. The number of thiophene rings is 1. The Bertz CT molecular complexity index is 1300. The van der Waals surface area contributed by atoms with Gasteiger partial charge in [-0.25, -0.2) is 4.98 Å². The van der Waals surface area contributed by atoms with Crippen LogP contribution in [0.4, 0.5) is 5.69 Å². The number of nitrogens with one attached hydrogen (secondary N) is 2. The van der Waals surface area contributed by atoms with E-state index in [0.717, 1.165) is 46.4 Å². The molecule has 0 unspecified atom stereocenters. The Kier molecular flexibility index (Phi) is 6.33. The van der Waals surface area contributed by atoms with Gasteiger partial charge in [-0.05, 0) is 54.9 Å². The number of aromatic nitrogens is 4. The summed E-state index contributed by atoms with van der Waals surface area (Å²) in [6.07, 6.45) is 4.76. The van der Waals surface area contributed by atoms with Gasteiger partial charge in [0.1, 0.15) is 16.3 Å². The summed E-state index contributed by atoms with van der Waals surface area (Å²) >= 11 is 4.57. The van der Waals surface area contributed by atoms with Crippen molar-refractivity contribution in [2.75, 3.05) is 11.1 Å². The lowest BCUT2D eigenvalue weighted by molar-refractivity contribution is -0.115. The highest BCUT2D eigenvalue weighted by atomic mass is 32.2. The predicted molar refractivity (Wildman–Crippen MR) is 132 cm³/mol. The van der Waals surface area contributed by atoms with Gasteiger partial charge in [-0.2, -0.15) is 11.8 Å². The Hall–Kier alpha value is -2.56. The van der Waals surface area contributed by atoms with Crippen molar-refractivity contribution < 1.29 is 4.79 Å². The van der Waals surface area contributed by atoms with Crippen LogP contribution in [-0.4, -0.2) is 31.2 Å². The number of anilines is 1. The second kappa shape index (κ2) is 9.51. The van der Waals surface area contributed by atoms with Crippen molar-refractivity contribution in [3.05, 3.63) is 56.3 Å². The van der Waals surface area contributed by atoms with Crippen molar-refractivity contribution >= 4 is 56.4 Å². The number of amides is 1. The van der Waals surface area contributed by atoms with Crippen LogP contribution in [0, 0.1) is 0 Å². The number of hydrogen-bond acceptors (Lipinski definition) is 8. The molecule has 10 heteroatoms. The Morgan fingerprint density at radius 2 is 2.03 bits per heavy atom. The molecule has 7 nitrogen and oxygen atoms in total. The summed E-state index contributed by atoms with van der Waals surface area (Å²) in [6.45, 7) is 0. The van der Waals surface area contributed by atoms with E-state index in [-0.39, 0.29) is 11.5 Å². The lowest BCUT2D eigenvalue weighted by atomic mass is 9.97. The van der Waals surface area contributed by atoms with E-state index < -0.39 is 0 Å². The Labute approximate surface area is 196 Å². The first kappa shape index (κ1) is 21.3. The molecule has 0 fully saturated rings. The lowest BCUT2D eigenvalue weighted by Gasteiger charge is -2.09. The van der Waals surface area contributed by atoms with Gasteiger partial charge in [0.25, 0.3) is 5.56 Å². The van der Waals surface area contributed by atoms with E-state index in [1.807, 2.05) is 29.6 Å². The van der Waals surface area contributed by atoms with Crippen LogP contribution in [0.15, 0.2) is 34.4 Å². The van der Waals surface area contributed by atoms with Gasteiger partial charge >= 0.3 is 0 Å². The molecule has 164 valence electrons. The molecule has 0 spiro atoms. The molecule has 1 amide bonds. The summed E-state index contributed by atoms with van der Waals surface area (Å²) in [4.78, 5) is 34.7. The minimum atomic E-state index is -0.0385. The van der Waals surface area contributed by atoms with Gasteiger partial charge in [0.05, 0.1) is 11.1 Å². The third-order valence-corrected chi connectivity index (χ3v) is 8.07. The van der Waals surface area contributed by atoms with E-state index in [2.05, 4.69) is 24.9 Å². The summed E-state index contributed by atoms with van der Waals surface area (Å²) in [7, 11) is 0. The molecule has 0 saturated heterocycles. The van der Waals surface area contributed by atoms with Crippen molar-refractivity contribution in [2.45, 2.75) is 37.9 Å². The zero-order valence-electron chi connectivity index (χ0n) is 17.2. The van der Waals surface area contributed by atoms with Crippen molar-refractivity contribution in [2.24, 2.45) is 0 Å². The van der Waals surface area contributed by atoms with Gasteiger partial charge in [0.15, 0.2) is 0 Å². The molecule has 3 aromatic heterocycles. The van der Waals surface area contributed by atoms with Crippen molar-refractivity contribution in [1.82, 2.24) is 19.6 Å². The standard InChI is InChI=1S/C22H21N5O2S3/c28-19(23-14-7-5-13(6-8-14)16-11-31-27-26-16)9-10-30-12-18-24-21(29)20-15-3-1-2-4-17(15)32-22(20)25-18/h5-8,11H,1-4,9-10,12H2,(H,23,28)(H,24,25,29). The summed E-state index contributed by atoms with van der Waals surface area (Å²) in [5.41, 5.74) is 3.73. The molecule has 32 heavy (non-hydrogen) atoms. The molecule has 5 rings (SSSR count). The van der Waals surface area contributed by atoms with Crippen LogP contribution < -0.4 is 10.9 Å². The summed E-state index contributed by atoms with van der Waals surface area (Å²) in [6, 6.07) is 7.57. The van der Waals surface area contributed by atoms with Gasteiger partial charge in [0.2, 0.25) is 5.91 Å². The molecule has 0 radical (unpaired) electrons. The molecule has 0 bridgehead atoms. The number of rotatable bonds is 7. The number of hydrogen-bond donors (Lipinski definition) is 2. The third-order valence-electron chi connectivity index (χ3n) is 5.41.